The zero-order chi connectivity index (χ0) is 19.0. The van der Waals surface area contributed by atoms with Crippen LogP contribution in [0, 0.1) is 0 Å². The average Bonchev–Trinajstić information content (AvgIpc) is 3.07. The standard InChI is InChI=1S/C18H25N3O5S/c1-25-14-6-8-20(9-7-14)13-4-10-21(11-5-13)27(23,24)15-2-3-17-16(12-15)19-18(22)26-17/h2-3,12-14H,4-11H2,1H3,(H,19,22). The van der Waals surface area contributed by atoms with Crippen molar-refractivity contribution in [2.75, 3.05) is 33.3 Å². The molecule has 9 heteroatoms. The fourth-order valence-electron chi connectivity index (χ4n) is 4.16. The highest BCUT2D eigenvalue weighted by atomic mass is 32.2. The monoisotopic (exact) mass is 395 g/mol. The molecule has 1 N–H and O–H groups in total. The molecule has 2 aromatic rings. The third-order valence-electron chi connectivity index (χ3n) is 5.78. The van der Waals surface area contributed by atoms with E-state index in [0.29, 0.717) is 36.3 Å². The summed E-state index contributed by atoms with van der Waals surface area (Å²) in [4.78, 5) is 16.5. The van der Waals surface area contributed by atoms with Gasteiger partial charge in [-0.1, -0.05) is 0 Å². The molecule has 0 spiro atoms. The normalized spacial score (nSPS) is 21.8. The summed E-state index contributed by atoms with van der Waals surface area (Å²) in [6, 6.07) is 4.92. The van der Waals surface area contributed by atoms with E-state index in [9.17, 15) is 13.2 Å². The predicted molar refractivity (Wildman–Crippen MR) is 100 cm³/mol. The number of aromatic amines is 1. The van der Waals surface area contributed by atoms with Gasteiger partial charge in [-0.15, -0.1) is 0 Å². The Bertz CT molecular complexity index is 951. The second-order valence-corrected chi connectivity index (χ2v) is 9.22. The van der Waals surface area contributed by atoms with E-state index in [2.05, 4.69) is 9.88 Å². The zero-order valence-electron chi connectivity index (χ0n) is 15.4. The van der Waals surface area contributed by atoms with Crippen LogP contribution in [0.15, 0.2) is 32.3 Å². The van der Waals surface area contributed by atoms with Gasteiger partial charge in [0.15, 0.2) is 5.58 Å². The Morgan fingerprint density at radius 3 is 2.48 bits per heavy atom. The Morgan fingerprint density at radius 2 is 1.81 bits per heavy atom. The van der Waals surface area contributed by atoms with Gasteiger partial charge in [-0.05, 0) is 43.9 Å². The molecule has 8 nitrogen and oxygen atoms in total. The van der Waals surface area contributed by atoms with E-state index < -0.39 is 15.8 Å². The summed E-state index contributed by atoms with van der Waals surface area (Å²) in [5.74, 6) is -0.586. The van der Waals surface area contributed by atoms with Crippen LogP contribution in [0.1, 0.15) is 25.7 Å². The van der Waals surface area contributed by atoms with E-state index in [1.807, 2.05) is 0 Å². The van der Waals surface area contributed by atoms with E-state index in [1.54, 1.807) is 11.4 Å². The van der Waals surface area contributed by atoms with Gasteiger partial charge in [-0.3, -0.25) is 4.98 Å². The van der Waals surface area contributed by atoms with Crippen LogP contribution in [0.5, 0.6) is 0 Å². The summed E-state index contributed by atoms with van der Waals surface area (Å²) in [5, 5.41) is 0. The van der Waals surface area contributed by atoms with E-state index in [-0.39, 0.29) is 4.90 Å². The first-order valence-electron chi connectivity index (χ1n) is 9.37. The highest BCUT2D eigenvalue weighted by Gasteiger charge is 2.33. The van der Waals surface area contributed by atoms with Crippen molar-refractivity contribution in [3.63, 3.8) is 0 Å². The topological polar surface area (TPSA) is 95.8 Å². The molecule has 148 valence electrons. The van der Waals surface area contributed by atoms with Crippen LogP contribution < -0.4 is 5.76 Å². The van der Waals surface area contributed by atoms with Gasteiger partial charge < -0.3 is 14.1 Å². The number of aromatic nitrogens is 1. The van der Waals surface area contributed by atoms with Gasteiger partial charge in [0.25, 0.3) is 0 Å². The smallest absolute Gasteiger partial charge is 0.408 e. The van der Waals surface area contributed by atoms with Crippen LogP contribution in [0.25, 0.3) is 11.1 Å². The number of rotatable bonds is 4. The minimum atomic E-state index is -3.58. The Balaban J connectivity index is 1.42. The summed E-state index contributed by atoms with van der Waals surface area (Å²) in [6.07, 6.45) is 4.10. The summed E-state index contributed by atoms with van der Waals surface area (Å²) in [6.45, 7) is 3.05. The maximum atomic E-state index is 13.0. The Labute approximate surface area is 158 Å². The summed E-state index contributed by atoms with van der Waals surface area (Å²) < 4.78 is 37.9. The van der Waals surface area contributed by atoms with Gasteiger partial charge in [0.05, 0.1) is 16.5 Å². The SMILES string of the molecule is COC1CCN(C2CCN(S(=O)(=O)c3ccc4oc(=O)[nH]c4c3)CC2)CC1. The number of H-pyrrole nitrogens is 1. The molecule has 0 unspecified atom stereocenters. The van der Waals surface area contributed by atoms with Gasteiger partial charge in [-0.2, -0.15) is 4.31 Å². The van der Waals surface area contributed by atoms with Gasteiger partial charge in [0.1, 0.15) is 0 Å². The molecule has 27 heavy (non-hydrogen) atoms. The molecule has 2 aliphatic heterocycles. The first-order chi connectivity index (χ1) is 13.0. The molecule has 3 heterocycles. The van der Waals surface area contributed by atoms with Crippen molar-refractivity contribution in [2.24, 2.45) is 0 Å². The van der Waals surface area contributed by atoms with Gasteiger partial charge in [-0.25, -0.2) is 13.2 Å². The minimum Gasteiger partial charge on any atom is -0.408 e. The fraction of sp³-hybridized carbons (Fsp3) is 0.611. The molecule has 0 saturated carbocycles. The van der Waals surface area contributed by atoms with E-state index in [4.69, 9.17) is 9.15 Å². The molecule has 1 aromatic heterocycles. The van der Waals surface area contributed by atoms with Gasteiger partial charge in [0.2, 0.25) is 10.0 Å². The molecule has 0 bridgehead atoms. The fourth-order valence-corrected chi connectivity index (χ4v) is 5.66. The van der Waals surface area contributed by atoms with Crippen molar-refractivity contribution >= 4 is 21.1 Å². The molecule has 2 saturated heterocycles. The molecule has 2 fully saturated rings. The van der Waals surface area contributed by atoms with Crippen LogP contribution >= 0.6 is 0 Å². The highest BCUT2D eigenvalue weighted by Crippen LogP contribution is 2.26. The van der Waals surface area contributed by atoms with Crippen LogP contribution in [-0.4, -0.2) is 68.0 Å². The third kappa shape index (κ3) is 3.69. The number of sulfonamides is 1. The van der Waals surface area contributed by atoms with Crippen molar-refractivity contribution in [3.05, 3.63) is 28.7 Å². The maximum Gasteiger partial charge on any atom is 0.417 e. The molecular weight excluding hydrogens is 370 g/mol. The molecule has 0 amide bonds. The second kappa shape index (κ2) is 7.38. The number of hydrogen-bond donors (Lipinski definition) is 1. The molecule has 1 aromatic carbocycles. The molecule has 0 aliphatic carbocycles. The number of methoxy groups -OCH3 is 1. The number of oxazole rings is 1. The Morgan fingerprint density at radius 1 is 1.11 bits per heavy atom. The van der Waals surface area contributed by atoms with Crippen LogP contribution in [0.4, 0.5) is 0 Å². The molecular formula is C18H25N3O5S. The van der Waals surface area contributed by atoms with Crippen molar-refractivity contribution in [2.45, 2.75) is 42.7 Å². The van der Waals surface area contributed by atoms with E-state index >= 15 is 0 Å². The number of hydrogen-bond acceptors (Lipinski definition) is 6. The first-order valence-corrected chi connectivity index (χ1v) is 10.8. The lowest BCUT2D eigenvalue weighted by Crippen LogP contribution is -2.49. The second-order valence-electron chi connectivity index (χ2n) is 7.28. The van der Waals surface area contributed by atoms with Gasteiger partial charge in [0, 0.05) is 39.3 Å². The van der Waals surface area contributed by atoms with Crippen LogP contribution in [-0.2, 0) is 14.8 Å². The number of benzene rings is 1. The van der Waals surface area contributed by atoms with Crippen molar-refractivity contribution in [1.82, 2.24) is 14.2 Å². The number of fused-ring (bicyclic) bond motifs is 1. The third-order valence-corrected chi connectivity index (χ3v) is 7.67. The lowest BCUT2D eigenvalue weighted by Gasteiger charge is -2.41. The van der Waals surface area contributed by atoms with Crippen LogP contribution in [0.3, 0.4) is 0 Å². The summed E-state index contributed by atoms with van der Waals surface area (Å²) >= 11 is 0. The maximum absolute atomic E-state index is 13.0. The average molecular weight is 395 g/mol. The zero-order valence-corrected chi connectivity index (χ0v) is 16.2. The summed E-state index contributed by atoms with van der Waals surface area (Å²) in [7, 11) is -1.82. The minimum absolute atomic E-state index is 0.186. The number of nitrogens with one attached hydrogen (secondary N) is 1. The predicted octanol–water partition coefficient (Wildman–Crippen LogP) is 1.38. The van der Waals surface area contributed by atoms with Crippen molar-refractivity contribution < 1.29 is 17.6 Å². The Hall–Kier alpha value is -1.68. The number of ether oxygens (including phenoxy) is 1. The summed E-state index contributed by atoms with van der Waals surface area (Å²) in [5.41, 5.74) is 0.758. The largest absolute Gasteiger partial charge is 0.417 e. The number of piperidine rings is 2. The van der Waals surface area contributed by atoms with Crippen LogP contribution in [0.2, 0.25) is 0 Å². The molecule has 2 aliphatic rings. The number of likely N-dealkylation sites (tertiary alicyclic amines) is 1. The number of nitrogens with zero attached hydrogens (tertiary/aromatic N) is 2. The van der Waals surface area contributed by atoms with E-state index in [0.717, 1.165) is 38.8 Å². The molecule has 0 atom stereocenters. The Kier molecular flexibility index (Phi) is 5.11. The molecule has 0 radical (unpaired) electrons. The van der Waals surface area contributed by atoms with Gasteiger partial charge >= 0.3 is 5.76 Å². The quantitative estimate of drug-likeness (QED) is 0.840. The molecule has 4 rings (SSSR count). The highest BCUT2D eigenvalue weighted by molar-refractivity contribution is 7.89. The van der Waals surface area contributed by atoms with Crippen molar-refractivity contribution in [3.8, 4) is 0 Å². The first kappa shape index (κ1) is 18.7. The lowest BCUT2D eigenvalue weighted by molar-refractivity contribution is 0.0190. The van der Waals surface area contributed by atoms with Crippen molar-refractivity contribution in [1.29, 1.82) is 0 Å². The lowest BCUT2D eigenvalue weighted by atomic mass is 10.00. The van der Waals surface area contributed by atoms with E-state index in [1.165, 1.54) is 18.2 Å².